The minimum Gasteiger partial charge on any atom is -0.497 e. The molecule has 1 saturated heterocycles. The molecule has 1 aromatic rings. The Morgan fingerprint density at radius 2 is 1.91 bits per heavy atom. The number of hydrogen-bond acceptors (Lipinski definition) is 4. The number of carbonyl (C=O) groups excluding carboxylic acids is 1. The largest absolute Gasteiger partial charge is 0.497 e. The van der Waals surface area contributed by atoms with Gasteiger partial charge in [-0.3, -0.25) is 4.79 Å². The number of ether oxygens (including phenoxy) is 2. The van der Waals surface area contributed by atoms with Gasteiger partial charge in [-0.25, -0.2) is 0 Å². The third-order valence-electron chi connectivity index (χ3n) is 4.07. The lowest BCUT2D eigenvalue weighted by Crippen LogP contribution is -2.51. The molecule has 1 unspecified atom stereocenters. The molecule has 5 heteroatoms. The fourth-order valence-electron chi connectivity index (χ4n) is 2.63. The number of benzene rings is 1. The fourth-order valence-corrected chi connectivity index (χ4v) is 2.63. The number of hydrogen-bond donors (Lipinski definition) is 0. The Labute approximate surface area is 138 Å². The summed E-state index contributed by atoms with van der Waals surface area (Å²) in [5, 5.41) is 0. The van der Waals surface area contributed by atoms with Crippen LogP contribution < -0.4 is 9.64 Å². The van der Waals surface area contributed by atoms with Crippen LogP contribution in [0.5, 0.6) is 5.75 Å². The minimum absolute atomic E-state index is 0.0726. The molecule has 5 nitrogen and oxygen atoms in total. The number of rotatable bonds is 7. The molecule has 0 saturated carbocycles. The first-order valence-corrected chi connectivity index (χ1v) is 8.06. The van der Waals surface area contributed by atoms with Crippen LogP contribution in [-0.4, -0.2) is 56.8 Å². The molecule has 1 fully saturated rings. The lowest BCUT2D eigenvalue weighted by atomic mass is 10.2. The van der Waals surface area contributed by atoms with Crippen molar-refractivity contribution in [2.75, 3.05) is 44.8 Å². The molecule has 0 N–H and O–H groups in total. The summed E-state index contributed by atoms with van der Waals surface area (Å²) in [5.41, 5.74) is 1.16. The van der Waals surface area contributed by atoms with Gasteiger partial charge < -0.3 is 19.3 Å². The standard InChI is InChI=1S/C18H26N2O3/c1-4-5-14-23-15(2)18(21)20-12-10-19(11-13-20)16-6-8-17(22-3)9-7-16/h4,6-9,15H,1,5,10-14H2,2-3H3. The first kappa shape index (κ1) is 17.3. The molecule has 0 spiro atoms. The molecular formula is C18H26N2O3. The van der Waals surface area contributed by atoms with Crippen LogP contribution in [0.15, 0.2) is 36.9 Å². The number of nitrogens with zero attached hydrogens (tertiary/aromatic N) is 2. The van der Waals surface area contributed by atoms with Crippen molar-refractivity contribution in [1.82, 2.24) is 4.90 Å². The molecule has 1 aliphatic rings. The molecule has 2 rings (SSSR count). The molecule has 0 radical (unpaired) electrons. The topological polar surface area (TPSA) is 42.0 Å². The summed E-state index contributed by atoms with van der Waals surface area (Å²) >= 11 is 0. The minimum atomic E-state index is -0.387. The average molecular weight is 318 g/mol. The van der Waals surface area contributed by atoms with Gasteiger partial charge in [0.05, 0.1) is 13.7 Å². The third kappa shape index (κ3) is 4.73. The van der Waals surface area contributed by atoms with E-state index in [2.05, 4.69) is 23.6 Å². The van der Waals surface area contributed by atoms with Crippen LogP contribution >= 0.6 is 0 Å². The van der Waals surface area contributed by atoms with Crippen LogP contribution in [0.1, 0.15) is 13.3 Å². The van der Waals surface area contributed by atoms with Crippen LogP contribution in [0.3, 0.4) is 0 Å². The van der Waals surface area contributed by atoms with Gasteiger partial charge in [-0.05, 0) is 37.6 Å². The van der Waals surface area contributed by atoms with Crippen molar-refractivity contribution < 1.29 is 14.3 Å². The highest BCUT2D eigenvalue weighted by atomic mass is 16.5. The third-order valence-corrected chi connectivity index (χ3v) is 4.07. The van der Waals surface area contributed by atoms with Gasteiger partial charge >= 0.3 is 0 Å². The van der Waals surface area contributed by atoms with Crippen molar-refractivity contribution in [3.63, 3.8) is 0 Å². The van der Waals surface area contributed by atoms with E-state index in [0.717, 1.165) is 44.0 Å². The quantitative estimate of drug-likeness (QED) is 0.571. The van der Waals surface area contributed by atoms with Crippen molar-refractivity contribution in [2.24, 2.45) is 0 Å². The molecule has 1 aliphatic heterocycles. The van der Waals surface area contributed by atoms with Gasteiger partial charge in [0.15, 0.2) is 0 Å². The van der Waals surface area contributed by atoms with Crippen LogP contribution in [0.2, 0.25) is 0 Å². The Kier molecular flexibility index (Phi) is 6.47. The Morgan fingerprint density at radius 1 is 1.26 bits per heavy atom. The second-order valence-corrected chi connectivity index (χ2v) is 5.60. The van der Waals surface area contributed by atoms with E-state index in [0.29, 0.717) is 6.61 Å². The highest BCUT2D eigenvalue weighted by molar-refractivity contribution is 5.80. The zero-order chi connectivity index (χ0) is 16.7. The molecule has 126 valence electrons. The second-order valence-electron chi connectivity index (χ2n) is 5.60. The van der Waals surface area contributed by atoms with Crippen LogP contribution in [0, 0.1) is 0 Å². The van der Waals surface area contributed by atoms with E-state index >= 15 is 0 Å². The highest BCUT2D eigenvalue weighted by Gasteiger charge is 2.25. The van der Waals surface area contributed by atoms with Gasteiger partial charge in [0.2, 0.25) is 0 Å². The van der Waals surface area contributed by atoms with Gasteiger partial charge in [0, 0.05) is 31.9 Å². The van der Waals surface area contributed by atoms with Gasteiger partial charge in [-0.1, -0.05) is 6.08 Å². The molecule has 0 aliphatic carbocycles. The van der Waals surface area contributed by atoms with E-state index in [-0.39, 0.29) is 12.0 Å². The Bertz CT molecular complexity index is 508. The molecule has 1 aromatic carbocycles. The van der Waals surface area contributed by atoms with Gasteiger partial charge in [-0.2, -0.15) is 0 Å². The van der Waals surface area contributed by atoms with E-state index in [1.165, 1.54) is 0 Å². The molecule has 23 heavy (non-hydrogen) atoms. The Morgan fingerprint density at radius 3 is 2.48 bits per heavy atom. The van der Waals surface area contributed by atoms with Crippen molar-refractivity contribution in [2.45, 2.75) is 19.4 Å². The normalized spacial score (nSPS) is 16.1. The van der Waals surface area contributed by atoms with Crippen LogP contribution in [0.25, 0.3) is 0 Å². The predicted octanol–water partition coefficient (Wildman–Crippen LogP) is 2.33. The van der Waals surface area contributed by atoms with Crippen molar-refractivity contribution >= 4 is 11.6 Å². The SMILES string of the molecule is C=CCCOC(C)C(=O)N1CCN(c2ccc(OC)cc2)CC1. The molecular weight excluding hydrogens is 292 g/mol. The zero-order valence-electron chi connectivity index (χ0n) is 14.0. The van der Waals surface area contributed by atoms with E-state index in [9.17, 15) is 4.79 Å². The highest BCUT2D eigenvalue weighted by Crippen LogP contribution is 2.20. The average Bonchev–Trinajstić information content (AvgIpc) is 2.61. The maximum atomic E-state index is 12.4. The summed E-state index contributed by atoms with van der Waals surface area (Å²) in [6.07, 6.45) is 2.18. The Balaban J connectivity index is 1.82. The number of anilines is 1. The molecule has 1 amide bonds. The number of carbonyl (C=O) groups is 1. The summed E-state index contributed by atoms with van der Waals surface area (Å²) in [6, 6.07) is 8.03. The summed E-state index contributed by atoms with van der Waals surface area (Å²) in [7, 11) is 1.66. The van der Waals surface area contributed by atoms with Gasteiger partial charge in [0.25, 0.3) is 5.91 Å². The zero-order valence-corrected chi connectivity index (χ0v) is 14.0. The van der Waals surface area contributed by atoms with Crippen LogP contribution in [0.4, 0.5) is 5.69 Å². The number of amides is 1. The summed E-state index contributed by atoms with van der Waals surface area (Å²) in [5.74, 6) is 0.927. The predicted molar refractivity (Wildman–Crippen MR) is 92.0 cm³/mol. The van der Waals surface area contributed by atoms with E-state index < -0.39 is 0 Å². The van der Waals surface area contributed by atoms with Crippen molar-refractivity contribution in [1.29, 1.82) is 0 Å². The fraction of sp³-hybridized carbons (Fsp3) is 0.500. The molecule has 0 aromatic heterocycles. The van der Waals surface area contributed by atoms with E-state index in [4.69, 9.17) is 9.47 Å². The lowest BCUT2D eigenvalue weighted by Gasteiger charge is -2.37. The smallest absolute Gasteiger partial charge is 0.251 e. The summed E-state index contributed by atoms with van der Waals surface area (Å²) in [6.45, 7) is 9.12. The summed E-state index contributed by atoms with van der Waals surface area (Å²) < 4.78 is 10.7. The van der Waals surface area contributed by atoms with Crippen molar-refractivity contribution in [3.05, 3.63) is 36.9 Å². The molecule has 0 bridgehead atoms. The maximum absolute atomic E-state index is 12.4. The van der Waals surface area contributed by atoms with E-state index in [1.54, 1.807) is 13.2 Å². The van der Waals surface area contributed by atoms with Gasteiger partial charge in [-0.15, -0.1) is 6.58 Å². The number of piperazine rings is 1. The first-order chi connectivity index (χ1) is 11.2. The van der Waals surface area contributed by atoms with E-state index in [1.807, 2.05) is 24.0 Å². The maximum Gasteiger partial charge on any atom is 0.251 e. The lowest BCUT2D eigenvalue weighted by molar-refractivity contribution is -0.142. The van der Waals surface area contributed by atoms with Crippen molar-refractivity contribution in [3.8, 4) is 5.75 Å². The molecule has 1 heterocycles. The monoisotopic (exact) mass is 318 g/mol. The van der Waals surface area contributed by atoms with Gasteiger partial charge in [0.1, 0.15) is 11.9 Å². The Hall–Kier alpha value is -2.01. The second kappa shape index (κ2) is 8.58. The first-order valence-electron chi connectivity index (χ1n) is 8.06. The van der Waals surface area contributed by atoms with Crippen LogP contribution in [-0.2, 0) is 9.53 Å². The summed E-state index contributed by atoms with van der Waals surface area (Å²) in [4.78, 5) is 16.5. The molecule has 1 atom stereocenters. The number of methoxy groups -OCH3 is 1.